The van der Waals surface area contributed by atoms with Gasteiger partial charge in [-0.2, -0.15) is 13.2 Å². The number of carboxylic acid groups (broad SMARTS) is 1. The molecule has 170 valence electrons. The minimum Gasteiger partial charge on any atom is -0.480 e. The monoisotopic (exact) mass is 448 g/mol. The van der Waals surface area contributed by atoms with Crippen molar-refractivity contribution in [1.82, 2.24) is 9.80 Å². The number of rotatable bonds is 4. The molecule has 0 radical (unpaired) electrons. The smallest absolute Gasteiger partial charge is 0.417 e. The predicted octanol–water partition coefficient (Wildman–Crippen LogP) is 3.62. The first-order valence-electron chi connectivity index (χ1n) is 10.3. The van der Waals surface area contributed by atoms with Crippen molar-refractivity contribution in [2.45, 2.75) is 37.3 Å². The highest BCUT2D eigenvalue weighted by Gasteiger charge is 2.54. The second-order valence-electron chi connectivity index (χ2n) is 8.09. The molecule has 1 atom stereocenters. The Morgan fingerprint density at radius 2 is 1.66 bits per heavy atom. The molecule has 2 aliphatic heterocycles. The molecular weight excluding hydrogens is 425 g/mol. The summed E-state index contributed by atoms with van der Waals surface area (Å²) in [5.74, 6) is -2.27. The van der Waals surface area contributed by atoms with Gasteiger partial charge in [0.15, 0.2) is 6.04 Å². The molecule has 1 spiro atoms. The average molecular weight is 448 g/mol. The van der Waals surface area contributed by atoms with Crippen molar-refractivity contribution in [3.63, 3.8) is 0 Å². The van der Waals surface area contributed by atoms with E-state index in [1.165, 1.54) is 12.1 Å². The number of carbonyl (C=O) groups is 2. The molecule has 2 heterocycles. The lowest BCUT2D eigenvalue weighted by Crippen LogP contribution is -2.58. The zero-order valence-electron chi connectivity index (χ0n) is 17.2. The van der Waals surface area contributed by atoms with E-state index in [0.717, 1.165) is 22.6 Å². The van der Waals surface area contributed by atoms with E-state index in [4.69, 9.17) is 4.74 Å². The van der Waals surface area contributed by atoms with Gasteiger partial charge in [-0.1, -0.05) is 42.5 Å². The molecule has 1 N–H and O–H groups in total. The predicted molar refractivity (Wildman–Crippen MR) is 109 cm³/mol. The maximum atomic E-state index is 13.5. The Bertz CT molecular complexity index is 988. The van der Waals surface area contributed by atoms with E-state index >= 15 is 0 Å². The minimum atomic E-state index is -4.74. The maximum Gasteiger partial charge on any atom is 0.417 e. The number of piperidine rings is 1. The average Bonchev–Trinajstić information content (AvgIpc) is 3.14. The van der Waals surface area contributed by atoms with Crippen molar-refractivity contribution in [1.29, 1.82) is 0 Å². The molecule has 2 saturated heterocycles. The number of halogens is 3. The Morgan fingerprint density at radius 1 is 1.03 bits per heavy atom. The summed E-state index contributed by atoms with van der Waals surface area (Å²) in [6, 6.07) is 12.9. The van der Waals surface area contributed by atoms with Crippen LogP contribution in [0.4, 0.5) is 13.2 Å². The van der Waals surface area contributed by atoms with Crippen LogP contribution in [0, 0.1) is 0 Å². The van der Waals surface area contributed by atoms with Gasteiger partial charge in [-0.05, 0) is 17.7 Å². The fraction of sp³-hybridized carbons (Fsp3) is 0.391. The van der Waals surface area contributed by atoms with Crippen LogP contribution in [0.5, 0.6) is 0 Å². The third-order valence-corrected chi connectivity index (χ3v) is 6.11. The highest BCUT2D eigenvalue weighted by Crippen LogP contribution is 2.40. The molecule has 0 bridgehead atoms. The molecule has 0 saturated carbocycles. The van der Waals surface area contributed by atoms with Crippen LogP contribution in [0.1, 0.15) is 34.3 Å². The van der Waals surface area contributed by atoms with Crippen LogP contribution in [0.25, 0.3) is 0 Å². The van der Waals surface area contributed by atoms with Crippen LogP contribution in [-0.4, -0.2) is 58.2 Å². The van der Waals surface area contributed by atoms with Gasteiger partial charge in [0.25, 0.3) is 5.91 Å². The number of benzene rings is 2. The third-order valence-electron chi connectivity index (χ3n) is 6.11. The normalized spacial score (nSPS) is 21.1. The van der Waals surface area contributed by atoms with Crippen molar-refractivity contribution in [2.24, 2.45) is 0 Å². The van der Waals surface area contributed by atoms with E-state index in [2.05, 4.69) is 4.90 Å². The van der Waals surface area contributed by atoms with Gasteiger partial charge in [0, 0.05) is 32.5 Å². The van der Waals surface area contributed by atoms with Gasteiger partial charge < -0.3 is 9.84 Å². The topological polar surface area (TPSA) is 70.1 Å². The molecular formula is C23H23F3N2O4. The lowest BCUT2D eigenvalue weighted by atomic mass is 9.95. The Morgan fingerprint density at radius 3 is 2.28 bits per heavy atom. The van der Waals surface area contributed by atoms with Crippen LogP contribution in [0.3, 0.4) is 0 Å². The number of likely N-dealkylation sites (tertiary alicyclic amines) is 1. The Hall–Kier alpha value is -2.91. The summed E-state index contributed by atoms with van der Waals surface area (Å²) in [7, 11) is 0. The molecule has 2 fully saturated rings. The summed E-state index contributed by atoms with van der Waals surface area (Å²) in [5, 5.41) is 9.66. The van der Waals surface area contributed by atoms with E-state index in [9.17, 15) is 27.9 Å². The summed E-state index contributed by atoms with van der Waals surface area (Å²) < 4.78 is 46.4. The Balaban J connectivity index is 1.60. The van der Waals surface area contributed by atoms with Gasteiger partial charge in [0.2, 0.25) is 0 Å². The molecule has 1 amide bonds. The first kappa shape index (κ1) is 22.3. The number of hydrogen-bond donors (Lipinski definition) is 1. The van der Waals surface area contributed by atoms with Crippen LogP contribution < -0.4 is 0 Å². The van der Waals surface area contributed by atoms with E-state index in [1.54, 1.807) is 0 Å². The van der Waals surface area contributed by atoms with Gasteiger partial charge in [-0.15, -0.1) is 0 Å². The molecule has 2 aromatic rings. The molecule has 9 heteroatoms. The van der Waals surface area contributed by atoms with E-state index in [0.29, 0.717) is 32.5 Å². The Kier molecular flexibility index (Phi) is 5.96. The molecule has 1 unspecified atom stereocenters. The zero-order chi connectivity index (χ0) is 22.9. The van der Waals surface area contributed by atoms with Crippen LogP contribution >= 0.6 is 0 Å². The fourth-order valence-corrected chi connectivity index (χ4v) is 4.50. The van der Waals surface area contributed by atoms with Crippen LogP contribution in [0.15, 0.2) is 54.6 Å². The Labute approximate surface area is 183 Å². The summed E-state index contributed by atoms with van der Waals surface area (Å²) in [6.45, 7) is 1.47. The van der Waals surface area contributed by atoms with Gasteiger partial charge in [0.1, 0.15) is 5.72 Å². The van der Waals surface area contributed by atoms with Crippen molar-refractivity contribution in [2.75, 3.05) is 19.7 Å². The molecule has 4 rings (SSSR count). The summed E-state index contributed by atoms with van der Waals surface area (Å²) >= 11 is 0. The van der Waals surface area contributed by atoms with Gasteiger partial charge >= 0.3 is 12.1 Å². The standard InChI is InChI=1S/C23H23F3N2O4/c24-23(25,26)18-9-5-4-8-17(18)20(29)28-19(21(30)31)15-32-22(28)10-12-27(13-11-22)14-16-6-2-1-3-7-16/h1-9,19H,10-15H2,(H,30,31). The summed E-state index contributed by atoms with van der Waals surface area (Å²) in [4.78, 5) is 28.4. The maximum absolute atomic E-state index is 13.5. The number of carboxylic acids is 1. The van der Waals surface area contributed by atoms with Crippen molar-refractivity contribution in [3.8, 4) is 0 Å². The van der Waals surface area contributed by atoms with Gasteiger partial charge in [0.05, 0.1) is 17.7 Å². The van der Waals surface area contributed by atoms with Crippen molar-refractivity contribution < 1.29 is 32.6 Å². The van der Waals surface area contributed by atoms with Crippen molar-refractivity contribution >= 4 is 11.9 Å². The lowest BCUT2D eigenvalue weighted by Gasteiger charge is -2.44. The number of hydrogen-bond acceptors (Lipinski definition) is 4. The quantitative estimate of drug-likeness (QED) is 0.774. The molecule has 0 aliphatic carbocycles. The van der Waals surface area contributed by atoms with Gasteiger partial charge in [-0.3, -0.25) is 14.6 Å². The van der Waals surface area contributed by atoms with Crippen LogP contribution in [0.2, 0.25) is 0 Å². The summed E-state index contributed by atoms with van der Waals surface area (Å²) in [5.41, 5.74) is -1.78. The second-order valence-corrected chi connectivity index (χ2v) is 8.09. The van der Waals surface area contributed by atoms with E-state index < -0.39 is 40.9 Å². The largest absolute Gasteiger partial charge is 0.480 e. The lowest BCUT2D eigenvalue weighted by molar-refractivity contribution is -0.144. The third kappa shape index (κ3) is 4.22. The molecule has 2 aliphatic rings. The van der Waals surface area contributed by atoms with E-state index in [-0.39, 0.29) is 6.61 Å². The SMILES string of the molecule is O=C(O)C1COC2(CCN(Cc3ccccc3)CC2)N1C(=O)c1ccccc1C(F)(F)F. The number of ether oxygens (including phenoxy) is 1. The second kappa shape index (κ2) is 8.55. The number of aliphatic carboxylic acids is 1. The molecule has 2 aromatic carbocycles. The van der Waals surface area contributed by atoms with Gasteiger partial charge in [-0.25, -0.2) is 4.79 Å². The number of alkyl halides is 3. The summed E-state index contributed by atoms with van der Waals surface area (Å²) in [6.07, 6.45) is -4.12. The highest BCUT2D eigenvalue weighted by atomic mass is 19.4. The molecule has 6 nitrogen and oxygen atoms in total. The number of amides is 1. The minimum absolute atomic E-state index is 0.256. The number of nitrogens with zero attached hydrogens (tertiary/aromatic N) is 2. The van der Waals surface area contributed by atoms with E-state index in [1.807, 2.05) is 30.3 Å². The number of carbonyl (C=O) groups excluding carboxylic acids is 1. The molecule has 32 heavy (non-hydrogen) atoms. The first-order valence-corrected chi connectivity index (χ1v) is 10.3. The highest BCUT2D eigenvalue weighted by molar-refractivity contribution is 5.98. The molecule has 0 aromatic heterocycles. The van der Waals surface area contributed by atoms with Crippen molar-refractivity contribution in [3.05, 3.63) is 71.3 Å². The van der Waals surface area contributed by atoms with Crippen LogP contribution in [-0.2, 0) is 22.3 Å². The zero-order valence-corrected chi connectivity index (χ0v) is 17.2. The fourth-order valence-electron chi connectivity index (χ4n) is 4.50. The first-order chi connectivity index (χ1) is 15.2.